The minimum atomic E-state index is -0.142. The Bertz CT molecular complexity index is 537. The van der Waals surface area contributed by atoms with Crippen molar-refractivity contribution in [3.63, 3.8) is 0 Å². The Morgan fingerprint density at radius 2 is 1.61 bits per heavy atom. The van der Waals surface area contributed by atoms with Crippen molar-refractivity contribution in [1.29, 1.82) is 0 Å². The number of hydrogen-bond acceptors (Lipinski definition) is 2. The van der Waals surface area contributed by atoms with Gasteiger partial charge in [-0.1, -0.05) is 58.6 Å². The number of carbonyl (C=O) groups excluding carboxylic acids is 1. The van der Waals surface area contributed by atoms with Gasteiger partial charge in [0, 0.05) is 11.6 Å². The quantitative estimate of drug-likeness (QED) is 0.626. The van der Waals surface area contributed by atoms with Crippen molar-refractivity contribution < 1.29 is 4.79 Å². The highest BCUT2D eigenvalue weighted by atomic mass is 32.1. The van der Waals surface area contributed by atoms with Crippen LogP contribution in [0.15, 0.2) is 24.3 Å². The van der Waals surface area contributed by atoms with E-state index in [-0.39, 0.29) is 11.3 Å². The van der Waals surface area contributed by atoms with E-state index >= 15 is 0 Å². The lowest BCUT2D eigenvalue weighted by Crippen LogP contribution is -2.44. The molecule has 1 aliphatic carbocycles. The molecule has 1 amide bonds. The van der Waals surface area contributed by atoms with E-state index in [1.165, 1.54) is 31.2 Å². The summed E-state index contributed by atoms with van der Waals surface area (Å²) in [4.78, 5) is 12.3. The van der Waals surface area contributed by atoms with Crippen LogP contribution in [0.25, 0.3) is 0 Å². The fourth-order valence-electron chi connectivity index (χ4n) is 2.94. The second-order valence-corrected chi connectivity index (χ2v) is 7.85. The number of hydrogen-bond donors (Lipinski definition) is 2. The van der Waals surface area contributed by atoms with Crippen LogP contribution in [0.2, 0.25) is 0 Å². The van der Waals surface area contributed by atoms with Gasteiger partial charge in [0.25, 0.3) is 5.91 Å². The fourth-order valence-corrected chi connectivity index (χ4v) is 3.20. The molecule has 23 heavy (non-hydrogen) atoms. The zero-order chi connectivity index (χ0) is 16.9. The number of amides is 1. The fraction of sp³-hybridized carbons (Fsp3) is 0.579. The third-order valence-electron chi connectivity index (χ3n) is 4.43. The molecule has 0 aromatic heterocycles. The largest absolute Gasteiger partial charge is 0.360 e. The molecule has 1 saturated carbocycles. The third-order valence-corrected chi connectivity index (χ3v) is 4.65. The van der Waals surface area contributed by atoms with Crippen molar-refractivity contribution in [2.75, 3.05) is 0 Å². The lowest BCUT2D eigenvalue weighted by molar-refractivity contribution is 0.0976. The van der Waals surface area contributed by atoms with Crippen molar-refractivity contribution in [2.45, 2.75) is 70.8 Å². The summed E-state index contributed by atoms with van der Waals surface area (Å²) in [5, 5.41) is 6.54. The van der Waals surface area contributed by atoms with Crippen molar-refractivity contribution in [2.24, 2.45) is 0 Å². The second kappa shape index (κ2) is 7.91. The molecule has 3 nitrogen and oxygen atoms in total. The van der Waals surface area contributed by atoms with Crippen molar-refractivity contribution >= 4 is 23.2 Å². The van der Waals surface area contributed by atoms with Gasteiger partial charge in [0.2, 0.25) is 0 Å². The molecule has 2 rings (SSSR count). The monoisotopic (exact) mass is 332 g/mol. The molecular formula is C19H28N2OS. The molecule has 0 bridgehead atoms. The van der Waals surface area contributed by atoms with Crippen LogP contribution >= 0.6 is 12.2 Å². The van der Waals surface area contributed by atoms with Gasteiger partial charge in [0.15, 0.2) is 5.11 Å². The van der Waals surface area contributed by atoms with Gasteiger partial charge < -0.3 is 5.32 Å². The Kier molecular flexibility index (Phi) is 6.17. The van der Waals surface area contributed by atoms with Gasteiger partial charge in [-0.2, -0.15) is 0 Å². The highest BCUT2D eigenvalue weighted by Crippen LogP contribution is 2.22. The van der Waals surface area contributed by atoms with Crippen LogP contribution in [0, 0.1) is 0 Å². The molecule has 126 valence electrons. The molecule has 0 radical (unpaired) electrons. The lowest BCUT2D eigenvalue weighted by Gasteiger charge is -2.20. The number of thiocarbonyl (C=S) groups is 1. The maximum absolute atomic E-state index is 12.3. The standard InChI is InChI=1S/C19H28N2OS/c1-19(2,3)15-12-10-14(11-13-15)17(22)21-18(23)20-16-8-6-4-5-7-9-16/h10-13,16H,4-9H2,1-3H3,(H2,20,21,22,23). The van der Waals surface area contributed by atoms with Crippen LogP contribution < -0.4 is 10.6 Å². The molecule has 0 aliphatic heterocycles. The summed E-state index contributed by atoms with van der Waals surface area (Å²) in [7, 11) is 0. The Morgan fingerprint density at radius 1 is 1.04 bits per heavy atom. The Balaban J connectivity index is 1.89. The van der Waals surface area contributed by atoms with Crippen LogP contribution in [-0.4, -0.2) is 17.1 Å². The zero-order valence-corrected chi connectivity index (χ0v) is 15.3. The summed E-state index contributed by atoms with van der Waals surface area (Å²) in [5.74, 6) is -0.142. The highest BCUT2D eigenvalue weighted by molar-refractivity contribution is 7.80. The highest BCUT2D eigenvalue weighted by Gasteiger charge is 2.16. The van der Waals surface area contributed by atoms with Gasteiger partial charge in [-0.25, -0.2) is 0 Å². The molecule has 0 unspecified atom stereocenters. The van der Waals surface area contributed by atoms with Gasteiger partial charge in [-0.3, -0.25) is 10.1 Å². The first-order valence-electron chi connectivity index (χ1n) is 8.58. The van der Waals surface area contributed by atoms with Crippen molar-refractivity contribution in [1.82, 2.24) is 10.6 Å². The average molecular weight is 333 g/mol. The molecule has 0 spiro atoms. The first kappa shape index (κ1) is 17.9. The first-order valence-corrected chi connectivity index (χ1v) is 8.99. The van der Waals surface area contributed by atoms with E-state index in [0.717, 1.165) is 12.8 Å². The normalized spacial score (nSPS) is 16.5. The lowest BCUT2D eigenvalue weighted by atomic mass is 9.87. The molecule has 0 saturated heterocycles. The number of rotatable bonds is 2. The summed E-state index contributed by atoms with van der Waals surface area (Å²) in [6.07, 6.45) is 7.35. The Hall–Kier alpha value is -1.42. The second-order valence-electron chi connectivity index (χ2n) is 7.44. The van der Waals surface area contributed by atoms with E-state index < -0.39 is 0 Å². The molecule has 1 aromatic carbocycles. The molecule has 2 N–H and O–H groups in total. The number of carbonyl (C=O) groups is 1. The number of nitrogens with one attached hydrogen (secondary N) is 2. The summed E-state index contributed by atoms with van der Waals surface area (Å²) in [5.41, 5.74) is 1.95. The third kappa shape index (κ3) is 5.61. The molecule has 1 fully saturated rings. The van der Waals surface area contributed by atoms with Gasteiger partial charge in [0.05, 0.1) is 0 Å². The molecule has 1 aliphatic rings. The average Bonchev–Trinajstić information content (AvgIpc) is 2.75. The minimum absolute atomic E-state index is 0.0886. The van der Waals surface area contributed by atoms with Gasteiger partial charge in [0.1, 0.15) is 0 Å². The van der Waals surface area contributed by atoms with E-state index in [1.807, 2.05) is 24.3 Å². The van der Waals surface area contributed by atoms with E-state index in [4.69, 9.17) is 12.2 Å². The number of benzene rings is 1. The maximum atomic E-state index is 12.3. The van der Waals surface area contributed by atoms with Crippen LogP contribution in [0.3, 0.4) is 0 Å². The Labute approximate surface area is 145 Å². The van der Waals surface area contributed by atoms with Crippen LogP contribution in [0.1, 0.15) is 75.2 Å². The van der Waals surface area contributed by atoms with Crippen molar-refractivity contribution in [3.05, 3.63) is 35.4 Å². The maximum Gasteiger partial charge on any atom is 0.257 e. The van der Waals surface area contributed by atoms with Crippen LogP contribution in [-0.2, 0) is 5.41 Å². The SMILES string of the molecule is CC(C)(C)c1ccc(C(=O)NC(=S)NC2CCCCCC2)cc1. The van der Waals surface area contributed by atoms with E-state index in [1.54, 1.807) is 0 Å². The van der Waals surface area contributed by atoms with Gasteiger partial charge in [-0.05, 0) is 48.2 Å². The molecular weight excluding hydrogens is 304 g/mol. The topological polar surface area (TPSA) is 41.1 Å². The zero-order valence-electron chi connectivity index (χ0n) is 14.4. The molecule has 1 aromatic rings. The van der Waals surface area contributed by atoms with Crippen LogP contribution in [0.4, 0.5) is 0 Å². The summed E-state index contributed by atoms with van der Waals surface area (Å²) >= 11 is 5.30. The van der Waals surface area contributed by atoms with Gasteiger partial charge >= 0.3 is 0 Å². The summed E-state index contributed by atoms with van der Waals surface area (Å²) in [6.45, 7) is 6.48. The molecule has 0 heterocycles. The first-order chi connectivity index (χ1) is 10.9. The smallest absolute Gasteiger partial charge is 0.257 e. The van der Waals surface area contributed by atoms with E-state index in [2.05, 4.69) is 31.4 Å². The molecule has 0 atom stereocenters. The minimum Gasteiger partial charge on any atom is -0.360 e. The predicted molar refractivity (Wildman–Crippen MR) is 99.8 cm³/mol. The van der Waals surface area contributed by atoms with Gasteiger partial charge in [-0.15, -0.1) is 0 Å². The predicted octanol–water partition coefficient (Wildman–Crippen LogP) is 4.31. The van der Waals surface area contributed by atoms with E-state index in [0.29, 0.717) is 16.7 Å². The van der Waals surface area contributed by atoms with Crippen molar-refractivity contribution in [3.8, 4) is 0 Å². The summed E-state index contributed by atoms with van der Waals surface area (Å²) < 4.78 is 0. The molecule has 4 heteroatoms. The Morgan fingerprint density at radius 3 is 2.13 bits per heavy atom. The summed E-state index contributed by atoms with van der Waals surface area (Å²) in [6, 6.07) is 8.15. The van der Waals surface area contributed by atoms with E-state index in [9.17, 15) is 4.79 Å². The van der Waals surface area contributed by atoms with Crippen LogP contribution in [0.5, 0.6) is 0 Å².